The van der Waals surface area contributed by atoms with E-state index in [-0.39, 0.29) is 0 Å². The molecule has 0 bridgehead atoms. The van der Waals surface area contributed by atoms with Gasteiger partial charge in [0.15, 0.2) is 0 Å². The SMILES string of the molecule is CCc1ccccc1NC(=O)C(=O)NCC(C)CN1CCCCC1. The Hall–Kier alpha value is -1.88. The minimum atomic E-state index is -0.596. The van der Waals surface area contributed by atoms with Crippen LogP contribution in [0.5, 0.6) is 0 Å². The number of amides is 2. The van der Waals surface area contributed by atoms with E-state index < -0.39 is 11.8 Å². The molecule has 5 heteroatoms. The second kappa shape index (κ2) is 9.42. The van der Waals surface area contributed by atoms with Crippen LogP contribution in [0.3, 0.4) is 0 Å². The van der Waals surface area contributed by atoms with Crippen molar-refractivity contribution in [1.29, 1.82) is 0 Å². The van der Waals surface area contributed by atoms with Crippen molar-refractivity contribution < 1.29 is 9.59 Å². The first-order chi connectivity index (χ1) is 11.6. The topological polar surface area (TPSA) is 61.4 Å². The molecule has 0 spiro atoms. The number of hydrogen-bond acceptors (Lipinski definition) is 3. The molecule has 0 aliphatic carbocycles. The highest BCUT2D eigenvalue weighted by molar-refractivity contribution is 6.39. The van der Waals surface area contributed by atoms with Gasteiger partial charge in [-0.15, -0.1) is 0 Å². The highest BCUT2D eigenvalue weighted by Crippen LogP contribution is 2.15. The van der Waals surface area contributed by atoms with Crippen molar-refractivity contribution in [3.8, 4) is 0 Å². The zero-order chi connectivity index (χ0) is 17.4. The van der Waals surface area contributed by atoms with Crippen molar-refractivity contribution in [2.45, 2.75) is 39.5 Å². The van der Waals surface area contributed by atoms with Crippen LogP contribution in [-0.4, -0.2) is 42.9 Å². The van der Waals surface area contributed by atoms with Crippen LogP contribution in [0.4, 0.5) is 5.69 Å². The van der Waals surface area contributed by atoms with E-state index in [2.05, 4.69) is 22.5 Å². The molecule has 0 aromatic heterocycles. The van der Waals surface area contributed by atoms with Crippen molar-refractivity contribution in [2.24, 2.45) is 5.92 Å². The Balaban J connectivity index is 1.75. The predicted octanol–water partition coefficient (Wildman–Crippen LogP) is 2.43. The molecule has 1 aromatic rings. The average Bonchev–Trinajstić information content (AvgIpc) is 2.61. The molecular formula is C19H29N3O2. The Kier molecular flexibility index (Phi) is 7.25. The van der Waals surface area contributed by atoms with Crippen LogP contribution in [-0.2, 0) is 16.0 Å². The zero-order valence-electron chi connectivity index (χ0n) is 14.8. The summed E-state index contributed by atoms with van der Waals surface area (Å²) in [6.07, 6.45) is 4.66. The quantitative estimate of drug-likeness (QED) is 0.787. The number of nitrogens with zero attached hydrogens (tertiary/aromatic N) is 1. The Bertz CT molecular complexity index is 553. The normalized spacial score (nSPS) is 16.4. The number of hydrogen-bond donors (Lipinski definition) is 2. The van der Waals surface area contributed by atoms with Crippen molar-refractivity contribution in [2.75, 3.05) is 31.5 Å². The molecular weight excluding hydrogens is 302 g/mol. The number of carbonyl (C=O) groups is 2. The molecule has 1 aliphatic rings. The van der Waals surface area contributed by atoms with Crippen LogP contribution in [0.25, 0.3) is 0 Å². The van der Waals surface area contributed by atoms with Crippen molar-refractivity contribution in [1.82, 2.24) is 10.2 Å². The summed E-state index contributed by atoms with van der Waals surface area (Å²) in [7, 11) is 0. The van der Waals surface area contributed by atoms with Crippen LogP contribution in [0, 0.1) is 5.92 Å². The lowest BCUT2D eigenvalue weighted by Crippen LogP contribution is -2.41. The third-order valence-electron chi connectivity index (χ3n) is 4.48. The number of carbonyl (C=O) groups excluding carboxylic acids is 2. The minimum absolute atomic E-state index is 0.336. The fraction of sp³-hybridized carbons (Fsp3) is 0.579. The molecule has 1 aromatic carbocycles. The molecule has 5 nitrogen and oxygen atoms in total. The zero-order valence-corrected chi connectivity index (χ0v) is 14.8. The molecule has 2 amide bonds. The van der Waals surface area contributed by atoms with E-state index in [0.29, 0.717) is 18.2 Å². The minimum Gasteiger partial charge on any atom is -0.348 e. The third kappa shape index (κ3) is 5.64. The van der Waals surface area contributed by atoms with Crippen molar-refractivity contribution in [3.63, 3.8) is 0 Å². The van der Waals surface area contributed by atoms with E-state index in [1.807, 2.05) is 31.2 Å². The Labute approximate surface area is 144 Å². The fourth-order valence-corrected chi connectivity index (χ4v) is 3.12. The lowest BCUT2D eigenvalue weighted by atomic mass is 10.1. The third-order valence-corrected chi connectivity index (χ3v) is 4.48. The Morgan fingerprint density at radius 3 is 2.54 bits per heavy atom. The van der Waals surface area contributed by atoms with Gasteiger partial charge in [-0.1, -0.05) is 38.5 Å². The van der Waals surface area contributed by atoms with Gasteiger partial charge in [0.25, 0.3) is 0 Å². The maximum Gasteiger partial charge on any atom is 0.313 e. The number of anilines is 1. The molecule has 132 valence electrons. The maximum atomic E-state index is 12.0. The van der Waals surface area contributed by atoms with Crippen LogP contribution in [0.1, 0.15) is 38.7 Å². The molecule has 2 rings (SSSR count). The van der Waals surface area contributed by atoms with Gasteiger partial charge in [0, 0.05) is 18.8 Å². The van der Waals surface area contributed by atoms with Gasteiger partial charge < -0.3 is 15.5 Å². The smallest absolute Gasteiger partial charge is 0.313 e. The number of nitrogens with one attached hydrogen (secondary N) is 2. The second-order valence-corrected chi connectivity index (χ2v) is 6.64. The van der Waals surface area contributed by atoms with E-state index in [1.54, 1.807) is 0 Å². The average molecular weight is 331 g/mol. The van der Waals surface area contributed by atoms with Gasteiger partial charge in [-0.25, -0.2) is 0 Å². The van der Waals surface area contributed by atoms with Gasteiger partial charge in [0.1, 0.15) is 0 Å². The van der Waals surface area contributed by atoms with Crippen LogP contribution in [0.15, 0.2) is 24.3 Å². The lowest BCUT2D eigenvalue weighted by Gasteiger charge is -2.29. The fourth-order valence-electron chi connectivity index (χ4n) is 3.12. The number of benzene rings is 1. The first kappa shape index (κ1) is 18.5. The summed E-state index contributed by atoms with van der Waals surface area (Å²) >= 11 is 0. The summed E-state index contributed by atoms with van der Waals surface area (Å²) in [5, 5.41) is 5.46. The molecule has 1 aliphatic heterocycles. The van der Waals surface area contributed by atoms with Crippen molar-refractivity contribution >= 4 is 17.5 Å². The number of likely N-dealkylation sites (tertiary alicyclic amines) is 1. The molecule has 1 fully saturated rings. The summed E-state index contributed by atoms with van der Waals surface area (Å²) in [5.41, 5.74) is 1.73. The predicted molar refractivity (Wildman–Crippen MR) is 96.9 cm³/mol. The first-order valence-electron chi connectivity index (χ1n) is 8.99. The van der Waals surface area contributed by atoms with E-state index in [1.165, 1.54) is 19.3 Å². The molecule has 2 N–H and O–H groups in total. The molecule has 1 heterocycles. The van der Waals surface area contributed by atoms with E-state index in [0.717, 1.165) is 31.6 Å². The van der Waals surface area contributed by atoms with Crippen LogP contribution in [0.2, 0.25) is 0 Å². The summed E-state index contributed by atoms with van der Waals surface area (Å²) in [5.74, 6) is -0.824. The highest BCUT2D eigenvalue weighted by Gasteiger charge is 2.17. The largest absolute Gasteiger partial charge is 0.348 e. The number of piperidine rings is 1. The van der Waals surface area contributed by atoms with Gasteiger partial charge >= 0.3 is 11.8 Å². The van der Waals surface area contributed by atoms with Gasteiger partial charge in [-0.2, -0.15) is 0 Å². The summed E-state index contributed by atoms with van der Waals surface area (Å²) in [4.78, 5) is 26.5. The van der Waals surface area contributed by atoms with Gasteiger partial charge in [-0.05, 0) is 49.9 Å². The molecule has 1 saturated heterocycles. The molecule has 1 unspecified atom stereocenters. The number of para-hydroxylation sites is 1. The summed E-state index contributed by atoms with van der Waals surface area (Å²) in [6.45, 7) is 7.92. The van der Waals surface area contributed by atoms with E-state index >= 15 is 0 Å². The number of aryl methyl sites for hydroxylation is 1. The van der Waals surface area contributed by atoms with Crippen LogP contribution >= 0.6 is 0 Å². The number of rotatable bonds is 6. The van der Waals surface area contributed by atoms with E-state index in [9.17, 15) is 9.59 Å². The summed E-state index contributed by atoms with van der Waals surface area (Å²) in [6, 6.07) is 7.56. The maximum absolute atomic E-state index is 12.0. The highest BCUT2D eigenvalue weighted by atomic mass is 16.2. The first-order valence-corrected chi connectivity index (χ1v) is 8.99. The Morgan fingerprint density at radius 1 is 1.12 bits per heavy atom. The molecule has 0 radical (unpaired) electrons. The molecule has 1 atom stereocenters. The lowest BCUT2D eigenvalue weighted by molar-refractivity contribution is -0.136. The Morgan fingerprint density at radius 2 is 1.83 bits per heavy atom. The summed E-state index contributed by atoms with van der Waals surface area (Å²) < 4.78 is 0. The molecule has 0 saturated carbocycles. The van der Waals surface area contributed by atoms with Crippen LogP contribution < -0.4 is 10.6 Å². The monoisotopic (exact) mass is 331 g/mol. The molecule has 24 heavy (non-hydrogen) atoms. The van der Waals surface area contributed by atoms with Crippen molar-refractivity contribution in [3.05, 3.63) is 29.8 Å². The van der Waals surface area contributed by atoms with Gasteiger partial charge in [0.2, 0.25) is 0 Å². The second-order valence-electron chi connectivity index (χ2n) is 6.64. The van der Waals surface area contributed by atoms with Gasteiger partial charge in [0.05, 0.1) is 0 Å². The van der Waals surface area contributed by atoms with Gasteiger partial charge in [-0.3, -0.25) is 9.59 Å². The van der Waals surface area contributed by atoms with E-state index in [4.69, 9.17) is 0 Å². The standard InChI is InChI=1S/C19H29N3O2/c1-3-16-9-5-6-10-17(16)21-19(24)18(23)20-13-15(2)14-22-11-7-4-8-12-22/h5-6,9-10,15H,3-4,7-8,11-14H2,1-2H3,(H,20,23)(H,21,24).